The maximum Gasteiger partial charge on any atom is 3.00 e. The second-order valence-electron chi connectivity index (χ2n) is 20.4. The number of nitrogens with zero attached hydrogens (tertiary/aromatic N) is 3. The SMILES string of the molecule is C1COCCOCCOCCO1.C1COCCOCCOCCO1.C[Si](C)(C)[N-][Si](C)(C)C.C[Si](C)(C)[N-][Si](C)(C)C.C[Si](C)(C)[N-][Si](C)(C)C.C[Si](C)(C)[O-].[Na+].[Yb+3]. The average molecular weight is 1120 g/mol. The summed E-state index contributed by atoms with van der Waals surface area (Å²) < 4.78 is 56.2. The van der Waals surface area contributed by atoms with Crippen LogP contribution in [0.4, 0.5) is 0 Å². The van der Waals surface area contributed by atoms with E-state index in [1.165, 1.54) is 0 Å². The van der Waals surface area contributed by atoms with Crippen molar-refractivity contribution < 1.29 is 119 Å². The Hall–Kier alpha value is 3.56. The molecule has 0 saturated carbocycles. The minimum atomic E-state index is -1.86. The molecule has 0 aliphatic carbocycles. The van der Waals surface area contributed by atoms with Gasteiger partial charge in [-0.05, 0) is 0 Å². The van der Waals surface area contributed by atoms with Crippen LogP contribution in [0, 0.1) is 46.9 Å². The normalized spacial score (nSPS) is 17.5. The predicted octanol–water partition coefficient (Wildman–Crippen LogP) is 6.41. The first-order valence-electron chi connectivity index (χ1n) is 20.7. The van der Waals surface area contributed by atoms with E-state index < -0.39 is 57.7 Å². The quantitative estimate of drug-likeness (QED) is 0.277. The van der Waals surface area contributed by atoms with Crippen LogP contribution in [0.25, 0.3) is 13.9 Å². The van der Waals surface area contributed by atoms with Gasteiger partial charge in [0.2, 0.25) is 0 Å². The molecule has 0 aromatic carbocycles. The van der Waals surface area contributed by atoms with Crippen molar-refractivity contribution in [3.63, 3.8) is 0 Å². The largest absolute Gasteiger partial charge is 3.00 e. The molecule has 58 heavy (non-hydrogen) atoms. The maximum atomic E-state index is 10.2. The number of hydrogen-bond acceptors (Lipinski definition) is 9. The summed E-state index contributed by atoms with van der Waals surface area (Å²) in [5.74, 6) is 0. The van der Waals surface area contributed by atoms with Crippen molar-refractivity contribution >= 4 is 57.7 Å². The van der Waals surface area contributed by atoms with Crippen molar-refractivity contribution in [3.05, 3.63) is 13.9 Å². The van der Waals surface area contributed by atoms with Crippen LogP contribution in [0.1, 0.15) is 0 Å². The van der Waals surface area contributed by atoms with Crippen molar-refractivity contribution in [1.82, 2.24) is 0 Å². The van der Waals surface area contributed by atoms with Crippen LogP contribution in [0.2, 0.25) is 137 Å². The molecule has 2 aliphatic rings. The molecule has 355 valence electrons. The molecule has 0 aromatic rings. The molecule has 2 saturated heterocycles. The molecular weight excluding hydrogens is 1020 g/mol. The zero-order valence-electron chi connectivity index (χ0n) is 42.1. The molecule has 0 amide bonds. The summed E-state index contributed by atoms with van der Waals surface area (Å²) in [4.78, 5) is 10.2. The molecule has 0 spiro atoms. The Morgan fingerprint density at radius 3 is 0.362 bits per heavy atom. The third-order valence-electron chi connectivity index (χ3n) is 4.99. The predicted molar refractivity (Wildman–Crippen MR) is 260 cm³/mol. The van der Waals surface area contributed by atoms with E-state index in [0.29, 0.717) is 106 Å². The van der Waals surface area contributed by atoms with E-state index in [0.717, 1.165) is 0 Å². The van der Waals surface area contributed by atoms with Gasteiger partial charge in [-0.1, -0.05) is 195 Å². The van der Waals surface area contributed by atoms with Gasteiger partial charge >= 0.3 is 76.5 Å². The standard InChI is InChI=1S/2C8H16O4.3C6H18NSi2.C3H9OSi.Na.Yb/c2*1-2-10-5-6-12-8-7-11-4-3-9-1;3*1-8(2,3)7-9(4,5)6;1-5(2,3)4;;/h2*1-8H2;3*1-6H3;1-3H3;;/q;;4*-1;+1;+3. The van der Waals surface area contributed by atoms with E-state index in [4.69, 9.17) is 51.8 Å². The Labute approximate surface area is 429 Å². The van der Waals surface area contributed by atoms with Crippen LogP contribution in [0.5, 0.6) is 0 Å². The summed E-state index contributed by atoms with van der Waals surface area (Å²) in [5.41, 5.74) is 0. The Kier molecular flexibility index (Phi) is 51.4. The van der Waals surface area contributed by atoms with Crippen LogP contribution < -0.4 is 34.4 Å². The Bertz CT molecular complexity index is 657. The van der Waals surface area contributed by atoms with Crippen LogP contribution >= 0.6 is 0 Å². The minimum absolute atomic E-state index is 0. The molecule has 2 aliphatic heterocycles. The van der Waals surface area contributed by atoms with Gasteiger partial charge in [0, 0.05) is 0 Å². The van der Waals surface area contributed by atoms with E-state index in [9.17, 15) is 4.80 Å². The number of rotatable bonds is 6. The van der Waals surface area contributed by atoms with Crippen molar-refractivity contribution in [3.8, 4) is 0 Å². The molecule has 2 fully saturated rings. The number of hydrogen-bond donors (Lipinski definition) is 0. The van der Waals surface area contributed by atoms with Gasteiger partial charge in [-0.25, -0.2) is 0 Å². The summed E-state index contributed by atoms with van der Waals surface area (Å²) in [7, 11) is -8.50. The molecule has 2 heterocycles. The summed E-state index contributed by atoms with van der Waals surface area (Å²) in [6.45, 7) is 56.9. The van der Waals surface area contributed by atoms with Gasteiger partial charge in [0.15, 0.2) is 0 Å². The van der Waals surface area contributed by atoms with Gasteiger partial charge < -0.3 is 56.6 Å². The minimum Gasteiger partial charge on any atom is -0.859 e. The van der Waals surface area contributed by atoms with Gasteiger partial charge in [0.1, 0.15) is 0 Å². The third kappa shape index (κ3) is 98.4. The van der Waals surface area contributed by atoms with Crippen LogP contribution in [0.15, 0.2) is 0 Å². The molecule has 0 N–H and O–H groups in total. The molecule has 2 rings (SSSR count). The summed E-state index contributed by atoms with van der Waals surface area (Å²) in [5, 5.41) is 0. The molecule has 0 aromatic heterocycles. The fourth-order valence-corrected chi connectivity index (χ4v) is 28.9. The average Bonchev–Trinajstić information content (AvgIpc) is 2.88. The molecule has 0 unspecified atom stereocenters. The second-order valence-corrected chi connectivity index (χ2v) is 53.3. The van der Waals surface area contributed by atoms with E-state index >= 15 is 0 Å². The Morgan fingerprint density at radius 2 is 0.328 bits per heavy atom. The topological polar surface area (TPSA) is 139 Å². The van der Waals surface area contributed by atoms with Gasteiger partial charge in [-0.3, -0.25) is 0 Å². The van der Waals surface area contributed by atoms with Gasteiger partial charge in [-0.15, -0.1) is 0 Å². The van der Waals surface area contributed by atoms with Gasteiger partial charge in [0.25, 0.3) is 0 Å². The Morgan fingerprint density at radius 1 is 0.259 bits per heavy atom. The molecular formula is C37H95N3NaO9Si7Yb. The van der Waals surface area contributed by atoms with Crippen LogP contribution in [-0.2, 0) is 37.9 Å². The summed E-state index contributed by atoms with van der Waals surface area (Å²) >= 11 is 0. The smallest absolute Gasteiger partial charge is 0.859 e. The molecule has 1 radical (unpaired) electrons. The van der Waals surface area contributed by atoms with Crippen LogP contribution in [0.3, 0.4) is 0 Å². The molecule has 12 nitrogen and oxygen atoms in total. The van der Waals surface area contributed by atoms with Gasteiger partial charge in [-0.2, -0.15) is 0 Å². The van der Waals surface area contributed by atoms with Crippen LogP contribution in [-0.4, -0.2) is 163 Å². The van der Waals surface area contributed by atoms with Crippen molar-refractivity contribution in [1.29, 1.82) is 0 Å². The number of ether oxygens (including phenoxy) is 8. The van der Waals surface area contributed by atoms with E-state index in [-0.39, 0.29) is 76.5 Å². The third-order valence-corrected chi connectivity index (χ3v) is 21.1. The summed E-state index contributed by atoms with van der Waals surface area (Å²) in [6.07, 6.45) is 0. The van der Waals surface area contributed by atoms with Crippen molar-refractivity contribution in [2.45, 2.75) is 137 Å². The fourth-order valence-electron chi connectivity index (χ4n) is 4.78. The van der Waals surface area contributed by atoms with E-state index in [2.05, 4.69) is 118 Å². The summed E-state index contributed by atoms with van der Waals surface area (Å²) in [6, 6.07) is 0. The van der Waals surface area contributed by atoms with Gasteiger partial charge in [0.05, 0.1) is 106 Å². The van der Waals surface area contributed by atoms with Crippen molar-refractivity contribution in [2.24, 2.45) is 0 Å². The zero-order chi connectivity index (χ0) is 44.6. The fraction of sp³-hybridized carbons (Fsp3) is 1.00. The Balaban J connectivity index is -0.000000141. The zero-order valence-corrected chi connectivity index (χ0v) is 52.8. The monoisotopic (exact) mass is 1120 g/mol. The van der Waals surface area contributed by atoms with E-state index in [1.54, 1.807) is 19.6 Å². The molecule has 21 heteroatoms. The second kappa shape index (κ2) is 40.8. The van der Waals surface area contributed by atoms with Crippen molar-refractivity contribution in [2.75, 3.05) is 106 Å². The maximum absolute atomic E-state index is 10.2. The molecule has 0 atom stereocenters. The molecule has 0 bridgehead atoms. The van der Waals surface area contributed by atoms with E-state index in [1.807, 2.05) is 0 Å². The first-order chi connectivity index (χ1) is 25.1. The first-order valence-corrected chi connectivity index (χ1v) is 44.8. The first kappa shape index (κ1) is 73.1.